The van der Waals surface area contributed by atoms with Gasteiger partial charge in [-0.15, -0.1) is 0 Å². The number of fused-ring (bicyclic) bond motifs is 1. The van der Waals surface area contributed by atoms with E-state index in [-0.39, 0.29) is 5.56 Å². The Kier molecular flexibility index (Phi) is 2.52. The fourth-order valence-electron chi connectivity index (χ4n) is 1.75. The lowest BCUT2D eigenvalue weighted by molar-refractivity contribution is 0.0698. The molecule has 0 aliphatic heterocycles. The molecule has 0 bridgehead atoms. The molecule has 5 heteroatoms. The van der Waals surface area contributed by atoms with E-state index in [9.17, 15) is 4.79 Å². The summed E-state index contributed by atoms with van der Waals surface area (Å²) in [6, 6.07) is 3.31. The van der Waals surface area contributed by atoms with E-state index in [0.29, 0.717) is 27.4 Å². The topological polar surface area (TPSA) is 62.3 Å². The molecule has 0 aliphatic rings. The van der Waals surface area contributed by atoms with Crippen LogP contribution in [0.5, 0.6) is 5.75 Å². The fraction of sp³-hybridized carbons (Fsp3) is 0.182. The summed E-state index contributed by atoms with van der Waals surface area (Å²) < 4.78 is 5.06. The van der Waals surface area contributed by atoms with Crippen molar-refractivity contribution in [3.63, 3.8) is 0 Å². The summed E-state index contributed by atoms with van der Waals surface area (Å²) in [6.07, 6.45) is 0. The Morgan fingerprint density at radius 3 is 2.75 bits per heavy atom. The van der Waals surface area contributed by atoms with Crippen LogP contribution >= 0.6 is 11.6 Å². The monoisotopic (exact) mass is 239 g/mol. The van der Waals surface area contributed by atoms with Crippen molar-refractivity contribution in [1.82, 2.24) is 4.98 Å². The third kappa shape index (κ3) is 1.51. The number of methoxy groups -OCH3 is 1. The van der Waals surface area contributed by atoms with Gasteiger partial charge in [0.05, 0.1) is 23.2 Å². The number of halogens is 1. The first kappa shape index (κ1) is 10.8. The molecular formula is C11H10ClNO3. The summed E-state index contributed by atoms with van der Waals surface area (Å²) in [6.45, 7) is 1.70. The van der Waals surface area contributed by atoms with Crippen molar-refractivity contribution in [1.29, 1.82) is 0 Å². The van der Waals surface area contributed by atoms with Crippen molar-refractivity contribution in [2.24, 2.45) is 0 Å². The molecule has 16 heavy (non-hydrogen) atoms. The van der Waals surface area contributed by atoms with Crippen LogP contribution < -0.4 is 4.74 Å². The molecule has 1 heterocycles. The van der Waals surface area contributed by atoms with E-state index in [4.69, 9.17) is 21.4 Å². The first-order chi connectivity index (χ1) is 7.54. The number of carbonyl (C=O) groups is 1. The van der Waals surface area contributed by atoms with Gasteiger partial charge in [-0.25, -0.2) is 4.79 Å². The maximum Gasteiger partial charge on any atom is 0.338 e. The second-order valence-electron chi connectivity index (χ2n) is 3.46. The molecule has 0 amide bonds. The maximum absolute atomic E-state index is 11.1. The number of rotatable bonds is 2. The van der Waals surface area contributed by atoms with E-state index >= 15 is 0 Å². The van der Waals surface area contributed by atoms with E-state index in [1.807, 2.05) is 0 Å². The van der Waals surface area contributed by atoms with Crippen LogP contribution in [0, 0.1) is 6.92 Å². The quantitative estimate of drug-likeness (QED) is 0.847. The van der Waals surface area contributed by atoms with Crippen LogP contribution in [-0.4, -0.2) is 23.2 Å². The second-order valence-corrected chi connectivity index (χ2v) is 3.87. The highest BCUT2D eigenvalue weighted by atomic mass is 35.5. The highest BCUT2D eigenvalue weighted by Gasteiger charge is 2.17. The van der Waals surface area contributed by atoms with Gasteiger partial charge in [0.1, 0.15) is 5.75 Å². The molecule has 84 valence electrons. The third-order valence-corrected chi connectivity index (χ3v) is 2.77. The minimum absolute atomic E-state index is 0.232. The van der Waals surface area contributed by atoms with Crippen molar-refractivity contribution in [3.05, 3.63) is 28.4 Å². The number of aryl methyl sites for hydroxylation is 1. The number of aromatic amines is 1. The number of carboxylic acid groups (broad SMARTS) is 1. The summed E-state index contributed by atoms with van der Waals surface area (Å²) in [5.41, 5.74) is 1.44. The minimum atomic E-state index is -0.979. The molecule has 1 aromatic carbocycles. The van der Waals surface area contributed by atoms with Crippen molar-refractivity contribution in [2.45, 2.75) is 6.92 Å². The van der Waals surface area contributed by atoms with E-state index in [1.54, 1.807) is 19.1 Å². The van der Waals surface area contributed by atoms with Crippen molar-refractivity contribution < 1.29 is 14.6 Å². The first-order valence-corrected chi connectivity index (χ1v) is 5.01. The molecule has 0 fully saturated rings. The molecule has 4 nitrogen and oxygen atoms in total. The van der Waals surface area contributed by atoms with Crippen molar-refractivity contribution >= 4 is 28.5 Å². The maximum atomic E-state index is 11.1. The summed E-state index contributed by atoms with van der Waals surface area (Å²) in [4.78, 5) is 14.1. The Bertz CT molecular complexity index is 574. The summed E-state index contributed by atoms with van der Waals surface area (Å²) in [5.74, 6) is -0.438. The smallest absolute Gasteiger partial charge is 0.338 e. The molecule has 2 aromatic rings. The molecule has 0 saturated heterocycles. The molecule has 0 atom stereocenters. The van der Waals surface area contributed by atoms with Crippen LogP contribution in [0.1, 0.15) is 16.1 Å². The summed E-state index contributed by atoms with van der Waals surface area (Å²) >= 11 is 6.03. The predicted molar refractivity (Wildman–Crippen MR) is 61.6 cm³/mol. The van der Waals surface area contributed by atoms with Gasteiger partial charge in [-0.05, 0) is 13.0 Å². The third-order valence-electron chi connectivity index (χ3n) is 2.47. The number of aromatic carboxylic acids is 1. The number of hydrogen-bond acceptors (Lipinski definition) is 2. The number of hydrogen-bond donors (Lipinski definition) is 2. The van der Waals surface area contributed by atoms with Crippen LogP contribution in [0.15, 0.2) is 12.1 Å². The van der Waals surface area contributed by atoms with Gasteiger partial charge < -0.3 is 14.8 Å². The highest BCUT2D eigenvalue weighted by Crippen LogP contribution is 2.32. The van der Waals surface area contributed by atoms with Crippen LogP contribution in [-0.2, 0) is 0 Å². The van der Waals surface area contributed by atoms with Crippen LogP contribution in [0.4, 0.5) is 0 Å². The Hall–Kier alpha value is -1.68. The number of benzene rings is 1. The van der Waals surface area contributed by atoms with E-state index in [0.717, 1.165) is 0 Å². The van der Waals surface area contributed by atoms with Gasteiger partial charge in [0.25, 0.3) is 0 Å². The fourth-order valence-corrected chi connectivity index (χ4v) is 2.01. The van der Waals surface area contributed by atoms with Gasteiger partial charge in [-0.2, -0.15) is 0 Å². The SMILES string of the molecule is COc1cc(Cl)c2[nH]c(C)c(C(=O)O)c2c1. The Morgan fingerprint density at radius 1 is 1.50 bits per heavy atom. The zero-order valence-corrected chi connectivity index (χ0v) is 9.55. The largest absolute Gasteiger partial charge is 0.497 e. The van der Waals surface area contributed by atoms with Crippen LogP contribution in [0.25, 0.3) is 10.9 Å². The zero-order valence-electron chi connectivity index (χ0n) is 8.80. The van der Waals surface area contributed by atoms with Crippen molar-refractivity contribution in [3.8, 4) is 5.75 Å². The molecule has 0 saturated carbocycles. The van der Waals surface area contributed by atoms with Crippen LogP contribution in [0.3, 0.4) is 0 Å². The first-order valence-electron chi connectivity index (χ1n) is 4.63. The predicted octanol–water partition coefficient (Wildman–Crippen LogP) is 2.84. The molecule has 0 radical (unpaired) electrons. The standard InChI is InChI=1S/C11H10ClNO3/c1-5-9(11(14)15)7-3-6(16-2)4-8(12)10(7)13-5/h3-4,13H,1-2H3,(H,14,15). The Labute approximate surface area is 96.8 Å². The van der Waals surface area contributed by atoms with Crippen LogP contribution in [0.2, 0.25) is 5.02 Å². The number of H-pyrrole nitrogens is 1. The van der Waals surface area contributed by atoms with Gasteiger partial charge in [-0.1, -0.05) is 11.6 Å². The van der Waals surface area contributed by atoms with E-state index < -0.39 is 5.97 Å². The normalized spacial score (nSPS) is 10.7. The zero-order chi connectivity index (χ0) is 11.9. The van der Waals surface area contributed by atoms with Gasteiger partial charge in [-0.3, -0.25) is 0 Å². The number of nitrogens with one attached hydrogen (secondary N) is 1. The molecule has 0 aliphatic carbocycles. The van der Waals surface area contributed by atoms with E-state index in [1.165, 1.54) is 7.11 Å². The average molecular weight is 240 g/mol. The lowest BCUT2D eigenvalue weighted by Crippen LogP contribution is -1.97. The number of aromatic nitrogens is 1. The lowest BCUT2D eigenvalue weighted by atomic mass is 10.1. The van der Waals surface area contributed by atoms with Gasteiger partial charge in [0.2, 0.25) is 0 Å². The molecule has 1 aromatic heterocycles. The number of ether oxygens (including phenoxy) is 1. The summed E-state index contributed by atoms with van der Waals surface area (Å²) in [7, 11) is 1.51. The van der Waals surface area contributed by atoms with Gasteiger partial charge in [0.15, 0.2) is 0 Å². The summed E-state index contributed by atoms with van der Waals surface area (Å²) in [5, 5.41) is 10.1. The second kappa shape index (κ2) is 3.72. The molecule has 2 rings (SSSR count). The highest BCUT2D eigenvalue weighted by molar-refractivity contribution is 6.35. The Morgan fingerprint density at radius 2 is 2.19 bits per heavy atom. The molecule has 0 unspecified atom stereocenters. The van der Waals surface area contributed by atoms with Gasteiger partial charge in [0, 0.05) is 17.1 Å². The van der Waals surface area contributed by atoms with E-state index in [2.05, 4.69) is 4.98 Å². The Balaban J connectivity index is 2.86. The molecular weight excluding hydrogens is 230 g/mol. The minimum Gasteiger partial charge on any atom is -0.497 e. The molecule has 2 N–H and O–H groups in total. The number of carboxylic acids is 1. The van der Waals surface area contributed by atoms with Crippen molar-refractivity contribution in [2.75, 3.05) is 7.11 Å². The average Bonchev–Trinajstić information content (AvgIpc) is 2.54. The van der Waals surface area contributed by atoms with Gasteiger partial charge >= 0.3 is 5.97 Å². The lowest BCUT2D eigenvalue weighted by Gasteiger charge is -2.01. The molecule has 0 spiro atoms.